The molecule has 6 nitrogen and oxygen atoms in total. The van der Waals surface area contributed by atoms with E-state index in [9.17, 15) is 4.79 Å². The summed E-state index contributed by atoms with van der Waals surface area (Å²) >= 11 is 0. The topological polar surface area (TPSA) is 66.9 Å². The van der Waals surface area contributed by atoms with Crippen molar-refractivity contribution in [3.63, 3.8) is 0 Å². The molecule has 7 heteroatoms. The fourth-order valence-electron chi connectivity index (χ4n) is 4.06. The van der Waals surface area contributed by atoms with E-state index >= 15 is 0 Å². The lowest BCUT2D eigenvalue weighted by atomic mass is 9.98. The van der Waals surface area contributed by atoms with Gasteiger partial charge >= 0.3 is 5.97 Å². The van der Waals surface area contributed by atoms with Crippen molar-refractivity contribution in [3.8, 4) is 16.9 Å². The number of nitrogens with zero attached hydrogens (tertiary/aromatic N) is 1. The average molecular weight is 494 g/mol. The van der Waals surface area contributed by atoms with Gasteiger partial charge in [-0.05, 0) is 42.5 Å². The number of ether oxygens (including phenoxy) is 4. The Morgan fingerprint density at radius 3 is 2.60 bits per heavy atom. The molecule has 0 bridgehead atoms. The van der Waals surface area contributed by atoms with E-state index in [0.29, 0.717) is 25.4 Å². The van der Waals surface area contributed by atoms with E-state index in [0.717, 1.165) is 59.7 Å². The second-order valence-corrected chi connectivity index (χ2v) is 15.7. The Kier molecular flexibility index (Phi) is 8.54. The largest absolute Gasteiger partial charge is 0.491 e. The number of fused-ring (bicyclic) bond motifs is 1. The van der Waals surface area contributed by atoms with Crippen LogP contribution in [0.2, 0.25) is 25.7 Å². The maximum absolute atomic E-state index is 12.7. The Morgan fingerprint density at radius 2 is 1.80 bits per heavy atom. The Hall–Kier alpha value is -2.74. The van der Waals surface area contributed by atoms with Crippen molar-refractivity contribution in [3.05, 3.63) is 60.4 Å². The number of para-hydroxylation sites is 1. The van der Waals surface area contributed by atoms with E-state index in [1.54, 1.807) is 6.07 Å². The number of carbonyl (C=O) groups is 1. The molecule has 0 spiro atoms. The van der Waals surface area contributed by atoms with Crippen LogP contribution in [0.15, 0.2) is 54.9 Å². The van der Waals surface area contributed by atoms with E-state index in [4.69, 9.17) is 18.9 Å². The quantitative estimate of drug-likeness (QED) is 0.197. The van der Waals surface area contributed by atoms with Gasteiger partial charge in [-0.25, -0.2) is 4.79 Å². The first-order valence-electron chi connectivity index (χ1n) is 12.4. The van der Waals surface area contributed by atoms with Gasteiger partial charge in [-0.2, -0.15) is 0 Å². The number of carbonyl (C=O) groups excluding carboxylic acids is 1. The fourth-order valence-corrected chi connectivity index (χ4v) is 4.78. The number of hydrogen-bond acceptors (Lipinski definition) is 6. The highest BCUT2D eigenvalue weighted by Crippen LogP contribution is 2.35. The zero-order chi connectivity index (χ0) is 24.7. The van der Waals surface area contributed by atoms with Crippen LogP contribution in [0, 0.1) is 0 Å². The third-order valence-electron chi connectivity index (χ3n) is 6.12. The summed E-state index contributed by atoms with van der Waals surface area (Å²) in [5, 5.41) is 1.90. The van der Waals surface area contributed by atoms with Gasteiger partial charge in [0.2, 0.25) is 0 Å². The highest BCUT2D eigenvalue weighted by molar-refractivity contribution is 6.76. The molecule has 4 rings (SSSR count). The predicted octanol–water partition coefficient (Wildman–Crippen LogP) is 5.97. The number of hydrogen-bond donors (Lipinski definition) is 0. The van der Waals surface area contributed by atoms with Gasteiger partial charge in [0, 0.05) is 50.2 Å². The van der Waals surface area contributed by atoms with Crippen molar-refractivity contribution in [2.24, 2.45) is 0 Å². The summed E-state index contributed by atoms with van der Waals surface area (Å²) in [7, 11) is -1.27. The number of aromatic nitrogens is 1. The summed E-state index contributed by atoms with van der Waals surface area (Å²) < 4.78 is 23.0. The van der Waals surface area contributed by atoms with Gasteiger partial charge in [0.15, 0.2) is 0 Å². The zero-order valence-electron chi connectivity index (χ0n) is 20.9. The molecule has 3 aromatic rings. The van der Waals surface area contributed by atoms with Crippen LogP contribution >= 0.6 is 0 Å². The minimum atomic E-state index is -1.27. The summed E-state index contributed by atoms with van der Waals surface area (Å²) in [5.41, 5.74) is 2.39. The normalized spacial score (nSPS) is 14.7. The number of esters is 1. The molecule has 2 aromatic carbocycles. The van der Waals surface area contributed by atoms with E-state index in [-0.39, 0.29) is 12.1 Å². The Balaban J connectivity index is 1.50. The summed E-state index contributed by atoms with van der Waals surface area (Å²) in [5.74, 6) is 0.475. The standard InChI is InChI=1S/C28H35NO5Si/c1-35(2,3)17-16-34-28(30)21-8-9-22-19-29-20-26(25(22)18-21)24-6-4-5-7-27(24)33-15-14-32-23-10-12-31-13-11-23/h4-9,18-20,23H,10-17H2,1-3H3. The van der Waals surface area contributed by atoms with E-state index in [1.807, 2.05) is 48.8 Å². The summed E-state index contributed by atoms with van der Waals surface area (Å²) in [4.78, 5) is 17.2. The molecule has 0 N–H and O–H groups in total. The van der Waals surface area contributed by atoms with Gasteiger partial charge in [0.25, 0.3) is 0 Å². The Bertz CT molecular complexity index is 1140. The highest BCUT2D eigenvalue weighted by Gasteiger charge is 2.17. The van der Waals surface area contributed by atoms with Crippen molar-refractivity contribution in [1.29, 1.82) is 0 Å². The molecule has 0 saturated carbocycles. The SMILES string of the molecule is C[Si](C)(C)CCOC(=O)c1ccc2cncc(-c3ccccc3OCCOC3CCOCC3)c2c1. The van der Waals surface area contributed by atoms with Gasteiger partial charge in [0.1, 0.15) is 12.4 Å². The molecule has 1 aliphatic heterocycles. The van der Waals surface area contributed by atoms with Crippen LogP contribution in [0.4, 0.5) is 0 Å². The molecule has 2 heterocycles. The number of pyridine rings is 1. The maximum Gasteiger partial charge on any atom is 0.338 e. The van der Waals surface area contributed by atoms with Crippen molar-refractivity contribution in [2.75, 3.05) is 33.0 Å². The lowest BCUT2D eigenvalue weighted by Gasteiger charge is -2.22. The third-order valence-corrected chi connectivity index (χ3v) is 7.83. The van der Waals surface area contributed by atoms with Gasteiger partial charge in [0.05, 0.1) is 24.9 Å². The average Bonchev–Trinajstić information content (AvgIpc) is 2.86. The minimum absolute atomic E-state index is 0.244. The van der Waals surface area contributed by atoms with Crippen LogP contribution in [0.1, 0.15) is 23.2 Å². The smallest absolute Gasteiger partial charge is 0.338 e. The van der Waals surface area contributed by atoms with Crippen LogP contribution < -0.4 is 4.74 Å². The van der Waals surface area contributed by atoms with Gasteiger partial charge in [-0.15, -0.1) is 0 Å². The molecule has 1 fully saturated rings. The molecule has 0 unspecified atom stereocenters. The first kappa shape index (κ1) is 25.4. The lowest BCUT2D eigenvalue weighted by Crippen LogP contribution is -2.25. The Labute approximate surface area is 208 Å². The molecule has 1 saturated heterocycles. The van der Waals surface area contributed by atoms with Crippen molar-refractivity contribution >= 4 is 24.8 Å². The first-order valence-corrected chi connectivity index (χ1v) is 16.1. The predicted molar refractivity (Wildman–Crippen MR) is 141 cm³/mol. The van der Waals surface area contributed by atoms with Crippen LogP contribution in [-0.4, -0.2) is 58.2 Å². The number of benzene rings is 2. The zero-order valence-corrected chi connectivity index (χ0v) is 21.9. The maximum atomic E-state index is 12.7. The summed E-state index contributed by atoms with van der Waals surface area (Å²) in [6.45, 7) is 9.78. The van der Waals surface area contributed by atoms with E-state index < -0.39 is 8.07 Å². The van der Waals surface area contributed by atoms with Crippen molar-refractivity contribution in [2.45, 2.75) is 44.6 Å². The van der Waals surface area contributed by atoms with Crippen molar-refractivity contribution < 1.29 is 23.7 Å². The highest BCUT2D eigenvalue weighted by atomic mass is 28.3. The first-order chi connectivity index (χ1) is 16.9. The van der Waals surface area contributed by atoms with Crippen molar-refractivity contribution in [1.82, 2.24) is 4.98 Å². The molecule has 35 heavy (non-hydrogen) atoms. The second-order valence-electron chi connectivity index (χ2n) is 10.1. The minimum Gasteiger partial charge on any atom is -0.491 e. The summed E-state index contributed by atoms with van der Waals surface area (Å²) in [6.07, 6.45) is 5.74. The van der Waals surface area contributed by atoms with Crippen LogP contribution in [0.5, 0.6) is 5.75 Å². The molecule has 0 atom stereocenters. The Morgan fingerprint density at radius 1 is 1.00 bits per heavy atom. The molecule has 1 aromatic heterocycles. The van der Waals surface area contributed by atoms with Crippen LogP contribution in [-0.2, 0) is 14.2 Å². The molecule has 1 aliphatic rings. The second kappa shape index (κ2) is 11.8. The molecule has 0 radical (unpaired) electrons. The molecule has 0 amide bonds. The lowest BCUT2D eigenvalue weighted by molar-refractivity contribution is -0.0387. The van der Waals surface area contributed by atoms with Gasteiger partial charge in [-0.3, -0.25) is 4.98 Å². The van der Waals surface area contributed by atoms with Gasteiger partial charge in [-0.1, -0.05) is 43.9 Å². The molecular weight excluding hydrogens is 458 g/mol. The third kappa shape index (κ3) is 7.13. The number of rotatable bonds is 10. The van der Waals surface area contributed by atoms with Crippen LogP contribution in [0.25, 0.3) is 21.9 Å². The van der Waals surface area contributed by atoms with E-state index in [2.05, 4.69) is 24.6 Å². The van der Waals surface area contributed by atoms with Crippen LogP contribution in [0.3, 0.4) is 0 Å². The molecule has 0 aliphatic carbocycles. The van der Waals surface area contributed by atoms with Gasteiger partial charge < -0.3 is 18.9 Å². The molecular formula is C28H35NO5Si. The summed E-state index contributed by atoms with van der Waals surface area (Å²) in [6, 6.07) is 14.5. The fraction of sp³-hybridized carbons (Fsp3) is 0.429. The van der Waals surface area contributed by atoms with E-state index in [1.165, 1.54) is 0 Å². The molecule has 186 valence electrons. The monoisotopic (exact) mass is 493 g/mol.